The highest BCUT2D eigenvalue weighted by molar-refractivity contribution is 5.90. The summed E-state index contributed by atoms with van der Waals surface area (Å²) in [7, 11) is 1.94. The SMILES string of the molecule is CN1C(=O)C2(CCN(Cc3ccncc3)CC2)[C@@H]1c1ccccc1. The molecule has 0 aliphatic carbocycles. The molecule has 0 saturated carbocycles. The molecule has 1 aromatic heterocycles. The molecule has 124 valence electrons. The van der Waals surface area contributed by atoms with Crippen LogP contribution in [0, 0.1) is 5.41 Å². The predicted molar refractivity (Wildman–Crippen MR) is 93.1 cm³/mol. The van der Waals surface area contributed by atoms with Crippen molar-refractivity contribution in [3.05, 3.63) is 66.0 Å². The normalized spacial score (nSPS) is 23.3. The maximum atomic E-state index is 12.7. The minimum absolute atomic E-state index is 0.190. The van der Waals surface area contributed by atoms with Crippen molar-refractivity contribution in [3.8, 4) is 0 Å². The maximum Gasteiger partial charge on any atom is 0.231 e. The molecule has 0 N–H and O–H groups in total. The van der Waals surface area contributed by atoms with Gasteiger partial charge in [0.1, 0.15) is 0 Å². The fraction of sp³-hybridized carbons (Fsp3) is 0.400. The standard InChI is InChI=1S/C20H23N3O/c1-22-18(17-5-3-2-4-6-17)20(19(22)24)9-13-23(14-10-20)15-16-7-11-21-12-8-16/h2-8,11-12,18H,9-10,13-15H2,1H3/t18-/m0/s1. The first kappa shape index (κ1) is 15.3. The zero-order valence-electron chi connectivity index (χ0n) is 14.1. The molecule has 0 bridgehead atoms. The summed E-state index contributed by atoms with van der Waals surface area (Å²) in [5.74, 6) is 0.319. The van der Waals surface area contributed by atoms with Crippen molar-refractivity contribution in [2.24, 2.45) is 5.41 Å². The van der Waals surface area contributed by atoms with Gasteiger partial charge in [0.2, 0.25) is 5.91 Å². The van der Waals surface area contributed by atoms with Crippen LogP contribution in [0.4, 0.5) is 0 Å². The number of rotatable bonds is 3. The summed E-state index contributed by atoms with van der Waals surface area (Å²) < 4.78 is 0. The molecule has 2 saturated heterocycles. The molecule has 4 heteroatoms. The molecule has 24 heavy (non-hydrogen) atoms. The number of β-lactam (4-membered cyclic amide) rings is 1. The predicted octanol–water partition coefficient (Wildman–Crippen LogP) is 2.88. The number of pyridine rings is 1. The van der Waals surface area contributed by atoms with Gasteiger partial charge in [0, 0.05) is 26.0 Å². The Labute approximate surface area is 143 Å². The smallest absolute Gasteiger partial charge is 0.231 e. The molecule has 4 rings (SSSR count). The Morgan fingerprint density at radius 2 is 1.75 bits per heavy atom. The van der Waals surface area contributed by atoms with Gasteiger partial charge in [-0.1, -0.05) is 30.3 Å². The first-order valence-corrected chi connectivity index (χ1v) is 8.64. The molecular weight excluding hydrogens is 298 g/mol. The van der Waals surface area contributed by atoms with E-state index in [0.717, 1.165) is 32.5 Å². The number of hydrogen-bond acceptors (Lipinski definition) is 3. The largest absolute Gasteiger partial charge is 0.337 e. The van der Waals surface area contributed by atoms with E-state index in [1.165, 1.54) is 11.1 Å². The number of nitrogens with zero attached hydrogens (tertiary/aromatic N) is 3. The first-order valence-electron chi connectivity index (χ1n) is 8.64. The number of carbonyl (C=O) groups is 1. The molecule has 3 heterocycles. The van der Waals surface area contributed by atoms with Crippen LogP contribution in [-0.2, 0) is 11.3 Å². The summed E-state index contributed by atoms with van der Waals surface area (Å²) in [6, 6.07) is 14.8. The Morgan fingerprint density at radius 1 is 1.08 bits per heavy atom. The Kier molecular flexibility index (Phi) is 3.85. The minimum atomic E-state index is -0.190. The number of hydrogen-bond donors (Lipinski definition) is 0. The van der Waals surface area contributed by atoms with E-state index in [9.17, 15) is 4.79 Å². The fourth-order valence-electron chi connectivity index (χ4n) is 4.41. The highest BCUT2D eigenvalue weighted by Crippen LogP contribution is 2.55. The average Bonchev–Trinajstić information content (AvgIpc) is 2.64. The molecule has 1 spiro atoms. The van der Waals surface area contributed by atoms with Crippen LogP contribution in [0.2, 0.25) is 0 Å². The number of amides is 1. The van der Waals surface area contributed by atoms with E-state index >= 15 is 0 Å². The lowest BCUT2D eigenvalue weighted by atomic mass is 9.62. The van der Waals surface area contributed by atoms with E-state index in [2.05, 4.69) is 46.3 Å². The van der Waals surface area contributed by atoms with Gasteiger partial charge < -0.3 is 4.90 Å². The van der Waals surface area contributed by atoms with Crippen molar-refractivity contribution in [1.29, 1.82) is 0 Å². The number of carbonyl (C=O) groups excluding carboxylic acids is 1. The zero-order chi connectivity index (χ0) is 16.6. The second kappa shape index (κ2) is 6.02. The molecule has 4 nitrogen and oxygen atoms in total. The van der Waals surface area contributed by atoms with Crippen molar-refractivity contribution in [2.45, 2.75) is 25.4 Å². The third-order valence-corrected chi connectivity index (χ3v) is 5.68. The number of aromatic nitrogens is 1. The van der Waals surface area contributed by atoms with Crippen LogP contribution in [-0.4, -0.2) is 40.8 Å². The molecule has 2 fully saturated rings. The van der Waals surface area contributed by atoms with E-state index < -0.39 is 0 Å². The Morgan fingerprint density at radius 3 is 2.42 bits per heavy atom. The minimum Gasteiger partial charge on any atom is -0.337 e. The molecule has 1 aromatic carbocycles. The molecule has 0 unspecified atom stereocenters. The summed E-state index contributed by atoms with van der Waals surface area (Å²) in [5, 5.41) is 0. The van der Waals surface area contributed by atoms with Gasteiger partial charge in [0.25, 0.3) is 0 Å². The second-order valence-corrected chi connectivity index (χ2v) is 7.02. The molecule has 1 atom stereocenters. The lowest BCUT2D eigenvalue weighted by Gasteiger charge is -2.58. The van der Waals surface area contributed by atoms with Crippen LogP contribution in [0.3, 0.4) is 0 Å². The van der Waals surface area contributed by atoms with Crippen LogP contribution in [0.1, 0.15) is 30.0 Å². The van der Waals surface area contributed by atoms with Gasteiger partial charge in [0.15, 0.2) is 0 Å². The lowest BCUT2D eigenvalue weighted by Crippen LogP contribution is -2.64. The van der Waals surface area contributed by atoms with Gasteiger partial charge in [-0.15, -0.1) is 0 Å². The number of benzene rings is 1. The van der Waals surface area contributed by atoms with Gasteiger partial charge in [-0.3, -0.25) is 14.7 Å². The first-order chi connectivity index (χ1) is 11.7. The van der Waals surface area contributed by atoms with E-state index in [1.807, 2.05) is 30.4 Å². The summed E-state index contributed by atoms with van der Waals surface area (Å²) in [6.45, 7) is 2.90. The molecule has 2 aliphatic rings. The molecule has 1 amide bonds. The van der Waals surface area contributed by atoms with Gasteiger partial charge in [-0.25, -0.2) is 0 Å². The topological polar surface area (TPSA) is 36.4 Å². The summed E-state index contributed by atoms with van der Waals surface area (Å²) in [4.78, 5) is 21.1. The quantitative estimate of drug-likeness (QED) is 0.816. The van der Waals surface area contributed by atoms with Crippen molar-refractivity contribution in [2.75, 3.05) is 20.1 Å². The van der Waals surface area contributed by atoms with Crippen molar-refractivity contribution < 1.29 is 4.79 Å². The van der Waals surface area contributed by atoms with Gasteiger partial charge >= 0.3 is 0 Å². The Bertz CT molecular complexity index is 708. The van der Waals surface area contributed by atoms with Crippen molar-refractivity contribution in [1.82, 2.24) is 14.8 Å². The summed E-state index contributed by atoms with van der Waals surface area (Å²) in [5.41, 5.74) is 2.37. The van der Waals surface area contributed by atoms with Crippen LogP contribution in [0.25, 0.3) is 0 Å². The lowest BCUT2D eigenvalue weighted by molar-refractivity contribution is -0.176. The highest BCUT2D eigenvalue weighted by Gasteiger charge is 2.59. The third-order valence-electron chi connectivity index (χ3n) is 5.68. The Hall–Kier alpha value is -2.20. The van der Waals surface area contributed by atoms with E-state index in [4.69, 9.17) is 0 Å². The average molecular weight is 321 g/mol. The van der Waals surface area contributed by atoms with E-state index in [-0.39, 0.29) is 11.5 Å². The highest BCUT2D eigenvalue weighted by atomic mass is 16.2. The molecule has 0 radical (unpaired) electrons. The summed E-state index contributed by atoms with van der Waals surface area (Å²) >= 11 is 0. The van der Waals surface area contributed by atoms with E-state index in [0.29, 0.717) is 5.91 Å². The van der Waals surface area contributed by atoms with Crippen LogP contribution in [0.5, 0.6) is 0 Å². The molecular formula is C20H23N3O. The zero-order valence-corrected chi connectivity index (χ0v) is 14.1. The van der Waals surface area contributed by atoms with Gasteiger partial charge in [-0.05, 0) is 49.2 Å². The van der Waals surface area contributed by atoms with Crippen molar-refractivity contribution >= 4 is 5.91 Å². The van der Waals surface area contributed by atoms with Crippen LogP contribution >= 0.6 is 0 Å². The molecule has 2 aromatic rings. The third kappa shape index (κ3) is 2.42. The number of likely N-dealkylation sites (tertiary alicyclic amines) is 2. The Balaban J connectivity index is 1.48. The monoisotopic (exact) mass is 321 g/mol. The number of piperidine rings is 1. The summed E-state index contributed by atoms with van der Waals surface area (Å²) in [6.07, 6.45) is 5.58. The van der Waals surface area contributed by atoms with Crippen LogP contribution < -0.4 is 0 Å². The molecule has 2 aliphatic heterocycles. The maximum absolute atomic E-state index is 12.7. The fourth-order valence-corrected chi connectivity index (χ4v) is 4.41. The second-order valence-electron chi connectivity index (χ2n) is 7.02. The van der Waals surface area contributed by atoms with Crippen molar-refractivity contribution in [3.63, 3.8) is 0 Å². The van der Waals surface area contributed by atoms with Gasteiger partial charge in [0.05, 0.1) is 11.5 Å². The van der Waals surface area contributed by atoms with Gasteiger partial charge in [-0.2, -0.15) is 0 Å². The van der Waals surface area contributed by atoms with Crippen LogP contribution in [0.15, 0.2) is 54.9 Å². The van der Waals surface area contributed by atoms with E-state index in [1.54, 1.807) is 0 Å².